The van der Waals surface area contributed by atoms with Gasteiger partial charge in [0.2, 0.25) is 12.3 Å². The molecule has 2 heterocycles. The van der Waals surface area contributed by atoms with E-state index in [1.165, 1.54) is 25.1 Å². The van der Waals surface area contributed by atoms with E-state index in [1.807, 2.05) is 0 Å². The maximum absolute atomic E-state index is 15.9. The number of benzene rings is 3. The molecule has 1 unspecified atom stereocenters. The molecule has 5 rings (SSSR count). The van der Waals surface area contributed by atoms with Crippen molar-refractivity contribution in [1.82, 2.24) is 15.1 Å². The minimum absolute atomic E-state index is 0.0335. The Morgan fingerprint density at radius 1 is 1.10 bits per heavy atom. The molecule has 274 valence electrons. The summed E-state index contributed by atoms with van der Waals surface area (Å²) in [5.41, 5.74) is 0.950. The zero-order chi connectivity index (χ0) is 37.9. The highest BCUT2D eigenvalue weighted by Gasteiger charge is 2.38. The standard InChI is InChI=1S/C39H38F6N4O3/c1-5-31(39(43,44)45)26(9-10-48-18-28(40)19-48)17-49(21-50)37-29-13-24(7-8-32(29)41)20-52-34-14-25(16-46)11-22(3)35(34)27-12-23(4)36(42)30(15-27)33(6-2)47-38(37)51/h5,7-8,11-15,17,21,28,33,37H,6,9-10,18-20H2,1-4H3,(H,47,51)/b26-17-,31-5+/t33-,37?/m0/s1. The third-order valence-electron chi connectivity index (χ3n) is 9.37. The van der Waals surface area contributed by atoms with E-state index in [2.05, 4.69) is 11.4 Å². The fourth-order valence-electron chi connectivity index (χ4n) is 6.75. The molecule has 1 saturated heterocycles. The summed E-state index contributed by atoms with van der Waals surface area (Å²) < 4.78 is 94.3. The maximum atomic E-state index is 15.9. The molecule has 13 heteroatoms. The van der Waals surface area contributed by atoms with E-state index in [0.717, 1.165) is 18.3 Å². The number of nitriles is 1. The van der Waals surface area contributed by atoms with Crippen LogP contribution < -0.4 is 10.1 Å². The van der Waals surface area contributed by atoms with E-state index in [1.54, 1.807) is 43.9 Å². The third-order valence-corrected chi connectivity index (χ3v) is 9.37. The number of hydrogen-bond donors (Lipinski definition) is 1. The van der Waals surface area contributed by atoms with Gasteiger partial charge in [0.25, 0.3) is 0 Å². The summed E-state index contributed by atoms with van der Waals surface area (Å²) in [6.07, 6.45) is -4.24. The van der Waals surface area contributed by atoms with E-state index in [9.17, 15) is 32.4 Å². The van der Waals surface area contributed by atoms with Gasteiger partial charge in [-0.05, 0) is 97.8 Å². The number of rotatable bonds is 8. The second-order valence-corrected chi connectivity index (χ2v) is 13.0. The number of halogens is 6. The number of nitrogens with one attached hydrogen (secondary N) is 1. The molecule has 1 fully saturated rings. The van der Waals surface area contributed by atoms with Crippen LogP contribution in [0.15, 0.2) is 65.9 Å². The van der Waals surface area contributed by atoms with Crippen molar-refractivity contribution in [2.45, 2.75) is 71.6 Å². The number of carbonyl (C=O) groups excluding carboxylic acids is 2. The van der Waals surface area contributed by atoms with Crippen molar-refractivity contribution in [3.63, 3.8) is 0 Å². The van der Waals surface area contributed by atoms with Gasteiger partial charge < -0.3 is 15.0 Å². The van der Waals surface area contributed by atoms with Gasteiger partial charge in [0.1, 0.15) is 36.2 Å². The highest BCUT2D eigenvalue weighted by atomic mass is 19.4. The highest BCUT2D eigenvalue weighted by molar-refractivity contribution is 5.86. The SMILES string of the molecule is C/C=C(\C(=C/N(C=O)C1C(=O)N[C@@H](CC)c2cc(cc(C)c2F)-c2c(C)cc(C#N)cc2OCc2ccc(F)c1c2)CCN1CC(F)C1)C(F)(F)F. The van der Waals surface area contributed by atoms with E-state index in [-0.39, 0.29) is 67.8 Å². The minimum atomic E-state index is -4.85. The Morgan fingerprint density at radius 2 is 1.83 bits per heavy atom. The van der Waals surface area contributed by atoms with Gasteiger partial charge >= 0.3 is 6.18 Å². The summed E-state index contributed by atoms with van der Waals surface area (Å²) in [7, 11) is 0. The van der Waals surface area contributed by atoms with Crippen molar-refractivity contribution in [3.05, 3.63) is 111 Å². The van der Waals surface area contributed by atoms with Gasteiger partial charge in [-0.2, -0.15) is 18.4 Å². The number of nitrogens with zero attached hydrogens (tertiary/aromatic N) is 3. The number of ether oxygens (including phenoxy) is 1. The smallest absolute Gasteiger partial charge is 0.416 e. The van der Waals surface area contributed by atoms with Crippen LogP contribution in [0.25, 0.3) is 11.1 Å². The van der Waals surface area contributed by atoms with Crippen molar-refractivity contribution < 1.29 is 40.7 Å². The maximum Gasteiger partial charge on any atom is 0.416 e. The predicted molar refractivity (Wildman–Crippen MR) is 182 cm³/mol. The van der Waals surface area contributed by atoms with Gasteiger partial charge in [-0.1, -0.05) is 19.1 Å². The summed E-state index contributed by atoms with van der Waals surface area (Å²) in [4.78, 5) is 29.4. The molecule has 3 aromatic carbocycles. The Morgan fingerprint density at radius 3 is 2.44 bits per heavy atom. The lowest BCUT2D eigenvalue weighted by atomic mass is 9.91. The number of hydrogen-bond acceptors (Lipinski definition) is 5. The van der Waals surface area contributed by atoms with Crippen molar-refractivity contribution >= 4 is 12.3 Å². The fourth-order valence-corrected chi connectivity index (χ4v) is 6.75. The van der Waals surface area contributed by atoms with Crippen LogP contribution in [0.5, 0.6) is 5.75 Å². The Bertz CT molecular complexity index is 1960. The zero-order valence-electron chi connectivity index (χ0n) is 29.1. The lowest BCUT2D eigenvalue weighted by molar-refractivity contribution is -0.131. The lowest BCUT2D eigenvalue weighted by Gasteiger charge is -2.35. The molecule has 52 heavy (non-hydrogen) atoms. The van der Waals surface area contributed by atoms with Gasteiger partial charge in [-0.25, -0.2) is 13.2 Å². The second kappa shape index (κ2) is 15.7. The van der Waals surface area contributed by atoms with Crippen molar-refractivity contribution in [2.24, 2.45) is 0 Å². The van der Waals surface area contributed by atoms with Crippen LogP contribution in [-0.2, 0) is 16.2 Å². The Kier molecular flexibility index (Phi) is 11.5. The average molecular weight is 725 g/mol. The molecule has 3 aromatic rings. The predicted octanol–water partition coefficient (Wildman–Crippen LogP) is 8.22. The number of allylic oxidation sites excluding steroid dienone is 2. The highest BCUT2D eigenvalue weighted by Crippen LogP contribution is 2.40. The number of aryl methyl sites for hydroxylation is 2. The molecule has 7 nitrogen and oxygen atoms in total. The van der Waals surface area contributed by atoms with Crippen LogP contribution in [-0.4, -0.2) is 54.1 Å². The lowest BCUT2D eigenvalue weighted by Crippen LogP contribution is -2.48. The first kappa shape index (κ1) is 38.1. The Labute approximate surface area is 298 Å². The zero-order valence-corrected chi connectivity index (χ0v) is 29.1. The summed E-state index contributed by atoms with van der Waals surface area (Å²) in [5.74, 6) is -2.24. The Balaban J connectivity index is 1.70. The van der Waals surface area contributed by atoms with Gasteiger partial charge in [-0.3, -0.25) is 14.5 Å². The number of likely N-dealkylation sites (tertiary alicyclic amines) is 1. The second-order valence-electron chi connectivity index (χ2n) is 13.0. The fraction of sp³-hybridized carbons (Fsp3) is 0.359. The molecule has 0 saturated carbocycles. The first-order chi connectivity index (χ1) is 24.7. The average Bonchev–Trinajstić information content (AvgIpc) is 3.08. The normalized spacial score (nSPS) is 18.7. The number of carbonyl (C=O) groups is 2. The largest absolute Gasteiger partial charge is 0.488 e. The molecule has 0 aromatic heterocycles. The molecule has 2 amide bonds. The first-order valence-electron chi connectivity index (χ1n) is 16.8. The molecule has 1 N–H and O–H groups in total. The van der Waals surface area contributed by atoms with Crippen molar-refractivity contribution in [2.75, 3.05) is 19.6 Å². The van der Waals surface area contributed by atoms with Gasteiger partial charge in [0, 0.05) is 42.5 Å². The van der Waals surface area contributed by atoms with Gasteiger partial charge in [0.05, 0.1) is 23.2 Å². The number of amides is 2. The van der Waals surface area contributed by atoms with Crippen LogP contribution in [0.1, 0.15) is 72.2 Å². The van der Waals surface area contributed by atoms with Crippen molar-refractivity contribution in [3.8, 4) is 22.9 Å². The van der Waals surface area contributed by atoms with Crippen LogP contribution in [0.3, 0.4) is 0 Å². The summed E-state index contributed by atoms with van der Waals surface area (Å²) in [6, 6.07) is 9.32. The minimum Gasteiger partial charge on any atom is -0.488 e. The molecule has 2 atom stereocenters. The van der Waals surface area contributed by atoms with Crippen LogP contribution in [0.4, 0.5) is 26.3 Å². The molecular formula is C39H38F6N4O3. The van der Waals surface area contributed by atoms with E-state index in [4.69, 9.17) is 4.74 Å². The third kappa shape index (κ3) is 8.02. The Hall–Kier alpha value is -5.09. The number of alkyl halides is 4. The van der Waals surface area contributed by atoms with Crippen LogP contribution in [0, 0.1) is 36.8 Å². The van der Waals surface area contributed by atoms with Crippen molar-refractivity contribution in [1.29, 1.82) is 5.26 Å². The monoisotopic (exact) mass is 724 g/mol. The summed E-state index contributed by atoms with van der Waals surface area (Å²) in [5, 5.41) is 12.4. The first-order valence-corrected chi connectivity index (χ1v) is 16.8. The van der Waals surface area contributed by atoms with Gasteiger partial charge in [0.15, 0.2) is 0 Å². The van der Waals surface area contributed by atoms with E-state index >= 15 is 8.78 Å². The topological polar surface area (TPSA) is 85.7 Å². The number of fused-ring (bicyclic) bond motifs is 6. The molecule has 0 spiro atoms. The van der Waals surface area contributed by atoms with Gasteiger partial charge in [-0.15, -0.1) is 0 Å². The molecular weight excluding hydrogens is 686 g/mol. The van der Waals surface area contributed by atoms with Crippen LogP contribution in [0.2, 0.25) is 0 Å². The molecule has 2 aliphatic rings. The summed E-state index contributed by atoms with van der Waals surface area (Å²) in [6.45, 7) is 6.12. The quantitative estimate of drug-likeness (QED) is 0.144. The molecule has 2 aliphatic heterocycles. The molecule has 4 bridgehead atoms. The van der Waals surface area contributed by atoms with Crippen LogP contribution >= 0.6 is 0 Å². The molecule has 0 radical (unpaired) electrons. The van der Waals surface area contributed by atoms with E-state index < -0.39 is 47.5 Å². The molecule has 0 aliphatic carbocycles. The summed E-state index contributed by atoms with van der Waals surface area (Å²) >= 11 is 0. The van der Waals surface area contributed by atoms with E-state index in [0.29, 0.717) is 38.5 Å².